The van der Waals surface area contributed by atoms with Crippen molar-refractivity contribution in [1.29, 1.82) is 0 Å². The molecule has 9 heteroatoms. The van der Waals surface area contributed by atoms with Gasteiger partial charge in [-0.15, -0.1) is 16.9 Å². The summed E-state index contributed by atoms with van der Waals surface area (Å²) in [4.78, 5) is 38.7. The van der Waals surface area contributed by atoms with Crippen molar-refractivity contribution in [3.8, 4) is 0 Å². The van der Waals surface area contributed by atoms with Crippen LogP contribution in [0.25, 0.3) is 0 Å². The highest BCUT2D eigenvalue weighted by atomic mass is 32.2. The number of carbonyl (C=O) groups excluding carboxylic acids is 3. The van der Waals surface area contributed by atoms with E-state index in [1.807, 2.05) is 24.3 Å². The van der Waals surface area contributed by atoms with Crippen LogP contribution in [-0.2, 0) is 16.0 Å². The van der Waals surface area contributed by atoms with Crippen molar-refractivity contribution in [2.45, 2.75) is 31.1 Å². The molecule has 1 aromatic heterocycles. The molecule has 158 valence electrons. The van der Waals surface area contributed by atoms with Gasteiger partial charge < -0.3 is 4.42 Å². The molecule has 0 spiro atoms. The number of thioether (sulfide) groups is 1. The number of hydrogen-bond acceptors (Lipinski definition) is 7. The Hall–Kier alpha value is -3.46. The summed E-state index contributed by atoms with van der Waals surface area (Å²) in [5.41, 5.74) is 1.67. The minimum atomic E-state index is -0.475. The summed E-state index contributed by atoms with van der Waals surface area (Å²) in [5.74, 6) is 0.376. The predicted molar refractivity (Wildman–Crippen MR) is 116 cm³/mol. The Bertz CT molecular complexity index is 1110. The van der Waals surface area contributed by atoms with E-state index in [2.05, 4.69) is 22.4 Å². The van der Waals surface area contributed by atoms with Crippen molar-refractivity contribution in [2.75, 3.05) is 16.0 Å². The monoisotopic (exact) mass is 436 g/mol. The molecule has 1 aliphatic rings. The van der Waals surface area contributed by atoms with Gasteiger partial charge in [0, 0.05) is 23.3 Å². The van der Waals surface area contributed by atoms with Gasteiger partial charge in [-0.25, -0.2) is 0 Å². The molecular weight excluding hydrogens is 416 g/mol. The highest BCUT2D eigenvalue weighted by Gasteiger charge is 2.30. The Kier molecular flexibility index (Phi) is 6.13. The zero-order chi connectivity index (χ0) is 21.8. The van der Waals surface area contributed by atoms with Crippen molar-refractivity contribution in [3.05, 3.63) is 65.5 Å². The first-order valence-electron chi connectivity index (χ1n) is 9.85. The Morgan fingerprint density at radius 2 is 1.84 bits per heavy atom. The maximum Gasteiger partial charge on any atom is 0.322 e. The van der Waals surface area contributed by atoms with Gasteiger partial charge in [-0.05, 0) is 41.6 Å². The third kappa shape index (κ3) is 4.83. The van der Waals surface area contributed by atoms with Crippen LogP contribution < -0.4 is 10.2 Å². The third-order valence-corrected chi connectivity index (χ3v) is 5.59. The van der Waals surface area contributed by atoms with Crippen molar-refractivity contribution < 1.29 is 18.8 Å². The van der Waals surface area contributed by atoms with Crippen LogP contribution in [0.5, 0.6) is 0 Å². The first kappa shape index (κ1) is 20.8. The lowest BCUT2D eigenvalue weighted by molar-refractivity contribution is -0.121. The molecule has 4 rings (SSSR count). The lowest BCUT2D eigenvalue weighted by Crippen LogP contribution is -2.28. The summed E-state index contributed by atoms with van der Waals surface area (Å²) in [6.07, 6.45) is 0.814. The maximum atomic E-state index is 12.6. The van der Waals surface area contributed by atoms with Gasteiger partial charge in [0.25, 0.3) is 5.91 Å². The summed E-state index contributed by atoms with van der Waals surface area (Å²) in [7, 11) is 0. The van der Waals surface area contributed by atoms with Crippen LogP contribution in [0.4, 0.5) is 11.7 Å². The number of carbonyl (C=O) groups is 3. The van der Waals surface area contributed by atoms with Crippen LogP contribution >= 0.6 is 11.8 Å². The molecule has 3 aromatic rings. The SMILES string of the molecule is CCSc1ccc(Cc2nnc(NC(=O)c3cccc(N4C(=O)CCC4=O)c3)o2)cc1. The highest BCUT2D eigenvalue weighted by molar-refractivity contribution is 7.99. The molecule has 3 amide bonds. The number of hydrogen-bond donors (Lipinski definition) is 1. The minimum Gasteiger partial charge on any atom is -0.407 e. The van der Waals surface area contributed by atoms with E-state index in [1.165, 1.54) is 11.0 Å². The van der Waals surface area contributed by atoms with Crippen molar-refractivity contribution in [2.24, 2.45) is 0 Å². The quantitative estimate of drug-likeness (QED) is 0.445. The number of benzene rings is 2. The topological polar surface area (TPSA) is 105 Å². The minimum absolute atomic E-state index is 0.0168. The van der Waals surface area contributed by atoms with Gasteiger partial charge in [-0.1, -0.05) is 30.2 Å². The van der Waals surface area contributed by atoms with Gasteiger partial charge in [-0.2, -0.15) is 0 Å². The molecule has 1 N–H and O–H groups in total. The normalized spacial score (nSPS) is 13.6. The Morgan fingerprint density at radius 3 is 2.55 bits per heavy atom. The smallest absolute Gasteiger partial charge is 0.322 e. The van der Waals surface area contributed by atoms with Gasteiger partial charge in [0.15, 0.2) is 0 Å². The van der Waals surface area contributed by atoms with Crippen LogP contribution in [0.2, 0.25) is 0 Å². The molecule has 1 saturated heterocycles. The van der Waals surface area contributed by atoms with E-state index in [9.17, 15) is 14.4 Å². The second-order valence-corrected chi connectivity index (χ2v) is 8.22. The number of nitrogens with one attached hydrogen (secondary N) is 1. The zero-order valence-electron chi connectivity index (χ0n) is 16.8. The van der Waals surface area contributed by atoms with Gasteiger partial charge >= 0.3 is 6.01 Å². The molecule has 0 saturated carbocycles. The average Bonchev–Trinajstić information content (AvgIpc) is 3.35. The molecule has 0 unspecified atom stereocenters. The van der Waals surface area contributed by atoms with E-state index in [-0.39, 0.29) is 36.2 Å². The van der Waals surface area contributed by atoms with Crippen LogP contribution in [0.3, 0.4) is 0 Å². The van der Waals surface area contributed by atoms with E-state index >= 15 is 0 Å². The van der Waals surface area contributed by atoms with E-state index in [1.54, 1.807) is 30.0 Å². The fourth-order valence-electron chi connectivity index (χ4n) is 3.24. The summed E-state index contributed by atoms with van der Waals surface area (Å²) in [5, 5.41) is 10.4. The summed E-state index contributed by atoms with van der Waals surface area (Å²) < 4.78 is 5.54. The molecule has 0 radical (unpaired) electrons. The lowest BCUT2D eigenvalue weighted by atomic mass is 10.1. The van der Waals surface area contributed by atoms with E-state index in [4.69, 9.17) is 4.42 Å². The van der Waals surface area contributed by atoms with Crippen molar-refractivity contribution in [1.82, 2.24) is 10.2 Å². The molecule has 2 aromatic carbocycles. The first-order valence-corrected chi connectivity index (χ1v) is 10.8. The van der Waals surface area contributed by atoms with Gasteiger partial charge in [0.05, 0.1) is 12.1 Å². The third-order valence-electron chi connectivity index (χ3n) is 4.70. The molecule has 8 nitrogen and oxygen atoms in total. The molecule has 31 heavy (non-hydrogen) atoms. The summed E-state index contributed by atoms with van der Waals surface area (Å²) >= 11 is 1.77. The van der Waals surface area contributed by atoms with Crippen molar-refractivity contribution >= 4 is 41.2 Å². The van der Waals surface area contributed by atoms with Gasteiger partial charge in [0.2, 0.25) is 17.7 Å². The fraction of sp³-hybridized carbons (Fsp3) is 0.227. The number of imide groups is 1. The fourth-order valence-corrected chi connectivity index (χ4v) is 3.90. The summed E-state index contributed by atoms with van der Waals surface area (Å²) in [6, 6.07) is 14.4. The zero-order valence-corrected chi connectivity index (χ0v) is 17.6. The molecule has 0 bridgehead atoms. The Labute approximate surface area is 183 Å². The lowest BCUT2D eigenvalue weighted by Gasteiger charge is -2.14. The first-order chi connectivity index (χ1) is 15.0. The van der Waals surface area contributed by atoms with E-state index in [0.717, 1.165) is 16.2 Å². The number of rotatable bonds is 7. The standard InChI is InChI=1S/C22H20N4O4S/c1-2-31-17-8-6-14(7-9-17)12-18-24-25-22(30-18)23-21(29)15-4-3-5-16(13-15)26-19(27)10-11-20(26)28/h3-9,13H,2,10-12H2,1H3,(H,23,25,29). The second kappa shape index (κ2) is 9.13. The molecule has 1 fully saturated rings. The number of aromatic nitrogens is 2. The molecular formula is C22H20N4O4S. The van der Waals surface area contributed by atoms with E-state index in [0.29, 0.717) is 18.0 Å². The maximum absolute atomic E-state index is 12.6. The highest BCUT2D eigenvalue weighted by Crippen LogP contribution is 2.24. The van der Waals surface area contributed by atoms with Crippen LogP contribution in [-0.4, -0.2) is 33.7 Å². The van der Waals surface area contributed by atoms with E-state index < -0.39 is 5.91 Å². The molecule has 2 heterocycles. The Balaban J connectivity index is 1.41. The molecule has 1 aliphatic heterocycles. The van der Waals surface area contributed by atoms with Crippen LogP contribution in [0.1, 0.15) is 41.6 Å². The van der Waals surface area contributed by atoms with Crippen LogP contribution in [0.15, 0.2) is 57.8 Å². The van der Waals surface area contributed by atoms with Gasteiger partial charge in [0.1, 0.15) is 0 Å². The Morgan fingerprint density at radius 1 is 1.10 bits per heavy atom. The van der Waals surface area contributed by atoms with Gasteiger partial charge in [-0.3, -0.25) is 24.6 Å². The second-order valence-electron chi connectivity index (χ2n) is 6.88. The summed E-state index contributed by atoms with van der Waals surface area (Å²) in [6.45, 7) is 2.11. The van der Waals surface area contributed by atoms with Crippen LogP contribution in [0, 0.1) is 0 Å². The largest absolute Gasteiger partial charge is 0.407 e. The number of amides is 3. The molecule has 0 atom stereocenters. The number of nitrogens with zero attached hydrogens (tertiary/aromatic N) is 3. The number of anilines is 2. The predicted octanol–water partition coefficient (Wildman–Crippen LogP) is 3.68. The molecule has 0 aliphatic carbocycles. The average molecular weight is 436 g/mol. The van der Waals surface area contributed by atoms with Crippen molar-refractivity contribution in [3.63, 3.8) is 0 Å².